The first kappa shape index (κ1) is 11.5. The van der Waals surface area contributed by atoms with Crippen molar-refractivity contribution in [3.05, 3.63) is 29.8 Å². The van der Waals surface area contributed by atoms with Gasteiger partial charge in [0.2, 0.25) is 0 Å². The van der Waals surface area contributed by atoms with Crippen molar-refractivity contribution in [3.63, 3.8) is 0 Å². The summed E-state index contributed by atoms with van der Waals surface area (Å²) >= 11 is 1.70. The van der Waals surface area contributed by atoms with Gasteiger partial charge in [-0.15, -0.1) is 11.8 Å². The predicted octanol–water partition coefficient (Wildman–Crippen LogP) is 3.38. The Morgan fingerprint density at radius 2 is 2.19 bits per heavy atom. The highest BCUT2D eigenvalue weighted by atomic mass is 32.2. The topological polar surface area (TPSA) is 37.3 Å². The van der Waals surface area contributed by atoms with Crippen LogP contribution in [-0.4, -0.2) is 17.3 Å². The highest BCUT2D eigenvalue weighted by molar-refractivity contribution is 7.98. The Balaban J connectivity index is 2.26. The second kappa shape index (κ2) is 4.91. The third-order valence-corrected chi connectivity index (χ3v) is 3.94. The van der Waals surface area contributed by atoms with E-state index in [-0.39, 0.29) is 12.3 Å². The van der Waals surface area contributed by atoms with Crippen molar-refractivity contribution in [2.24, 2.45) is 5.92 Å². The van der Waals surface area contributed by atoms with Gasteiger partial charge in [0.25, 0.3) is 0 Å². The maximum Gasteiger partial charge on any atom is 0.303 e. The molecule has 0 aromatic heterocycles. The molecule has 1 aromatic carbocycles. The van der Waals surface area contributed by atoms with E-state index in [4.69, 9.17) is 5.11 Å². The Morgan fingerprint density at radius 1 is 1.50 bits per heavy atom. The van der Waals surface area contributed by atoms with E-state index in [1.165, 1.54) is 23.3 Å². The van der Waals surface area contributed by atoms with Crippen molar-refractivity contribution in [2.45, 2.75) is 30.1 Å². The van der Waals surface area contributed by atoms with Crippen LogP contribution in [0.4, 0.5) is 0 Å². The summed E-state index contributed by atoms with van der Waals surface area (Å²) in [5.74, 6) is 0.110. The molecule has 2 rings (SSSR count). The summed E-state index contributed by atoms with van der Waals surface area (Å²) in [5.41, 5.74) is 1.22. The minimum atomic E-state index is -0.687. The van der Waals surface area contributed by atoms with Gasteiger partial charge < -0.3 is 5.11 Å². The van der Waals surface area contributed by atoms with E-state index in [9.17, 15) is 4.79 Å². The number of hydrogen-bond donors (Lipinski definition) is 1. The van der Waals surface area contributed by atoms with Gasteiger partial charge in [-0.1, -0.05) is 18.2 Å². The van der Waals surface area contributed by atoms with Crippen LogP contribution in [-0.2, 0) is 4.79 Å². The Morgan fingerprint density at radius 3 is 2.75 bits per heavy atom. The monoisotopic (exact) mass is 236 g/mol. The molecule has 1 aliphatic rings. The average molecular weight is 236 g/mol. The molecule has 1 aliphatic carbocycles. The van der Waals surface area contributed by atoms with Crippen LogP contribution in [0.15, 0.2) is 29.2 Å². The van der Waals surface area contributed by atoms with Crippen LogP contribution >= 0.6 is 11.8 Å². The van der Waals surface area contributed by atoms with Crippen molar-refractivity contribution < 1.29 is 9.90 Å². The first-order valence-corrected chi connectivity index (χ1v) is 6.79. The number of carbonyl (C=O) groups is 1. The van der Waals surface area contributed by atoms with E-state index in [0.717, 1.165) is 0 Å². The fraction of sp³-hybridized carbons (Fsp3) is 0.462. The quantitative estimate of drug-likeness (QED) is 0.796. The molecule has 0 spiro atoms. The summed E-state index contributed by atoms with van der Waals surface area (Å²) in [6.45, 7) is 0. The number of hydrogen-bond acceptors (Lipinski definition) is 2. The summed E-state index contributed by atoms with van der Waals surface area (Å²) in [4.78, 5) is 12.1. The van der Waals surface area contributed by atoms with Gasteiger partial charge in [-0.3, -0.25) is 4.79 Å². The average Bonchev–Trinajstić information content (AvgIpc) is 3.09. The molecule has 2 nitrogen and oxygen atoms in total. The second-order valence-electron chi connectivity index (χ2n) is 4.28. The van der Waals surface area contributed by atoms with Gasteiger partial charge in [0, 0.05) is 4.90 Å². The summed E-state index contributed by atoms with van der Waals surface area (Å²) < 4.78 is 0. The van der Waals surface area contributed by atoms with Crippen molar-refractivity contribution in [3.8, 4) is 0 Å². The molecule has 1 saturated carbocycles. The molecular formula is C13H16O2S. The lowest BCUT2D eigenvalue weighted by atomic mass is 9.91. The lowest BCUT2D eigenvalue weighted by Gasteiger charge is -2.17. The molecule has 1 atom stereocenters. The van der Waals surface area contributed by atoms with Crippen molar-refractivity contribution in [2.75, 3.05) is 6.26 Å². The Labute approximate surface area is 100 Å². The number of rotatable bonds is 5. The molecule has 3 heteroatoms. The van der Waals surface area contributed by atoms with Gasteiger partial charge in [0.15, 0.2) is 0 Å². The molecule has 1 N–H and O–H groups in total. The van der Waals surface area contributed by atoms with Crippen molar-refractivity contribution >= 4 is 17.7 Å². The second-order valence-corrected chi connectivity index (χ2v) is 5.13. The van der Waals surface area contributed by atoms with Crippen LogP contribution in [0.1, 0.15) is 30.7 Å². The van der Waals surface area contributed by atoms with E-state index in [1.54, 1.807) is 11.8 Å². The molecule has 0 saturated heterocycles. The molecule has 1 fully saturated rings. The third-order valence-electron chi connectivity index (χ3n) is 3.12. The molecule has 86 valence electrons. The molecule has 0 radical (unpaired) electrons. The molecule has 1 aromatic rings. The maximum absolute atomic E-state index is 10.9. The fourth-order valence-corrected chi connectivity index (χ4v) is 2.86. The number of carboxylic acids is 1. The molecule has 1 unspecified atom stereocenters. The normalized spacial score (nSPS) is 17.1. The van der Waals surface area contributed by atoms with Gasteiger partial charge in [0.1, 0.15) is 0 Å². The lowest BCUT2D eigenvalue weighted by molar-refractivity contribution is -0.137. The van der Waals surface area contributed by atoms with Gasteiger partial charge in [0.05, 0.1) is 6.42 Å². The van der Waals surface area contributed by atoms with Crippen LogP contribution < -0.4 is 0 Å². The first-order chi connectivity index (χ1) is 7.72. The predicted molar refractivity (Wildman–Crippen MR) is 65.9 cm³/mol. The summed E-state index contributed by atoms with van der Waals surface area (Å²) in [6.07, 6.45) is 4.67. The SMILES string of the molecule is CSc1ccccc1C(CC(=O)O)C1CC1. The van der Waals surface area contributed by atoms with Gasteiger partial charge in [-0.2, -0.15) is 0 Å². The smallest absolute Gasteiger partial charge is 0.303 e. The van der Waals surface area contributed by atoms with E-state index in [2.05, 4.69) is 12.1 Å². The van der Waals surface area contributed by atoms with Gasteiger partial charge in [-0.25, -0.2) is 0 Å². The Kier molecular flexibility index (Phi) is 3.54. The number of aliphatic carboxylic acids is 1. The molecule has 0 aliphatic heterocycles. The summed E-state index contributed by atoms with van der Waals surface area (Å²) in [6, 6.07) is 8.18. The zero-order chi connectivity index (χ0) is 11.5. The lowest BCUT2D eigenvalue weighted by Crippen LogP contribution is -2.09. The Hall–Kier alpha value is -0.960. The zero-order valence-corrected chi connectivity index (χ0v) is 10.2. The summed E-state index contributed by atoms with van der Waals surface area (Å²) in [5, 5.41) is 8.98. The van der Waals surface area contributed by atoms with E-state index in [0.29, 0.717) is 5.92 Å². The highest BCUT2D eigenvalue weighted by Crippen LogP contribution is 2.46. The van der Waals surface area contributed by atoms with Crippen LogP contribution in [0.2, 0.25) is 0 Å². The van der Waals surface area contributed by atoms with E-state index >= 15 is 0 Å². The molecule has 0 heterocycles. The zero-order valence-electron chi connectivity index (χ0n) is 9.35. The molecule has 0 bridgehead atoms. The largest absolute Gasteiger partial charge is 0.481 e. The molecule has 16 heavy (non-hydrogen) atoms. The van der Waals surface area contributed by atoms with Gasteiger partial charge >= 0.3 is 5.97 Å². The van der Waals surface area contributed by atoms with Crippen molar-refractivity contribution in [1.82, 2.24) is 0 Å². The van der Waals surface area contributed by atoms with Crippen LogP contribution in [0.3, 0.4) is 0 Å². The fourth-order valence-electron chi connectivity index (χ4n) is 2.19. The minimum Gasteiger partial charge on any atom is -0.481 e. The van der Waals surface area contributed by atoms with E-state index in [1.807, 2.05) is 18.4 Å². The van der Waals surface area contributed by atoms with Crippen molar-refractivity contribution in [1.29, 1.82) is 0 Å². The van der Waals surface area contributed by atoms with E-state index < -0.39 is 5.97 Å². The standard InChI is InChI=1S/C13H16O2S/c1-16-12-5-3-2-4-10(12)11(8-13(14)15)9-6-7-9/h2-5,9,11H,6-8H2,1H3,(H,14,15). The third kappa shape index (κ3) is 2.59. The van der Waals surface area contributed by atoms with Crippen LogP contribution in [0, 0.1) is 5.92 Å². The minimum absolute atomic E-state index is 0.209. The van der Waals surface area contributed by atoms with Crippen LogP contribution in [0.5, 0.6) is 0 Å². The Bertz CT molecular complexity index is 385. The van der Waals surface area contributed by atoms with Gasteiger partial charge in [-0.05, 0) is 42.6 Å². The number of benzene rings is 1. The number of thioether (sulfide) groups is 1. The molecule has 0 amide bonds. The maximum atomic E-state index is 10.9. The number of carboxylic acid groups (broad SMARTS) is 1. The highest BCUT2D eigenvalue weighted by Gasteiger charge is 2.34. The van der Waals surface area contributed by atoms with Crippen LogP contribution in [0.25, 0.3) is 0 Å². The first-order valence-electron chi connectivity index (χ1n) is 5.57. The summed E-state index contributed by atoms with van der Waals surface area (Å²) in [7, 11) is 0. The molecular weight excluding hydrogens is 220 g/mol.